The first-order valence-corrected chi connectivity index (χ1v) is 6.25. The van der Waals surface area contributed by atoms with E-state index in [1.54, 1.807) is 11.9 Å². The third-order valence-electron chi connectivity index (χ3n) is 2.92. The maximum absolute atomic E-state index is 11.7. The summed E-state index contributed by atoms with van der Waals surface area (Å²) in [5.41, 5.74) is 2.00. The van der Waals surface area contributed by atoms with Crippen molar-refractivity contribution in [1.82, 2.24) is 10.2 Å². The van der Waals surface area contributed by atoms with Crippen molar-refractivity contribution >= 4 is 18.3 Å². The number of hydrogen-bond donors (Lipinski definition) is 2. The molecule has 1 aromatic carbocycles. The molecule has 1 atom stereocenters. The Morgan fingerprint density at radius 1 is 1.37 bits per heavy atom. The summed E-state index contributed by atoms with van der Waals surface area (Å²) in [7, 11) is 1.74. The monoisotopic (exact) mass is 286 g/mol. The summed E-state index contributed by atoms with van der Waals surface area (Å²) in [5, 5.41) is 12.9. The number of hydrogen-bond acceptors (Lipinski definition) is 3. The molecule has 19 heavy (non-hydrogen) atoms. The molecule has 1 aromatic rings. The normalized spacial score (nSPS) is 11.6. The van der Waals surface area contributed by atoms with Gasteiger partial charge in [0.2, 0.25) is 5.91 Å². The van der Waals surface area contributed by atoms with Crippen LogP contribution in [0, 0.1) is 6.92 Å². The third-order valence-corrected chi connectivity index (χ3v) is 2.92. The lowest BCUT2D eigenvalue weighted by Crippen LogP contribution is -2.39. The molecule has 0 radical (unpaired) electrons. The largest absolute Gasteiger partial charge is 0.387 e. The van der Waals surface area contributed by atoms with E-state index in [1.165, 1.54) is 0 Å². The number of aliphatic hydroxyl groups excluding tert-OH is 1. The van der Waals surface area contributed by atoms with Crippen molar-refractivity contribution in [2.75, 3.05) is 26.7 Å². The molecule has 5 heteroatoms. The number of amides is 1. The molecular formula is C14H23ClN2O2. The van der Waals surface area contributed by atoms with Gasteiger partial charge in [-0.25, -0.2) is 0 Å². The summed E-state index contributed by atoms with van der Waals surface area (Å²) in [6, 6.07) is 7.72. The highest BCUT2D eigenvalue weighted by atomic mass is 35.5. The molecule has 0 spiro atoms. The zero-order valence-electron chi connectivity index (χ0n) is 11.7. The average Bonchev–Trinajstić information content (AvgIpc) is 2.36. The SMILES string of the molecule is CCN(CC(O)c1ccc(C)cc1)C(=O)CNC.Cl. The molecule has 1 amide bonds. The zero-order valence-corrected chi connectivity index (χ0v) is 12.5. The van der Waals surface area contributed by atoms with Crippen LogP contribution in [0.5, 0.6) is 0 Å². The minimum Gasteiger partial charge on any atom is -0.387 e. The summed E-state index contributed by atoms with van der Waals surface area (Å²) >= 11 is 0. The van der Waals surface area contributed by atoms with Crippen LogP contribution in [0.25, 0.3) is 0 Å². The molecule has 0 aliphatic rings. The van der Waals surface area contributed by atoms with Gasteiger partial charge in [-0.05, 0) is 26.5 Å². The fourth-order valence-electron chi connectivity index (χ4n) is 1.77. The van der Waals surface area contributed by atoms with Crippen molar-refractivity contribution in [2.45, 2.75) is 20.0 Å². The van der Waals surface area contributed by atoms with Crippen LogP contribution < -0.4 is 5.32 Å². The maximum Gasteiger partial charge on any atom is 0.236 e. The molecular weight excluding hydrogens is 264 g/mol. The van der Waals surface area contributed by atoms with Gasteiger partial charge < -0.3 is 15.3 Å². The van der Waals surface area contributed by atoms with E-state index in [2.05, 4.69) is 5.32 Å². The van der Waals surface area contributed by atoms with Gasteiger partial charge in [0, 0.05) is 6.54 Å². The number of benzene rings is 1. The number of carbonyl (C=O) groups is 1. The van der Waals surface area contributed by atoms with Crippen molar-refractivity contribution in [2.24, 2.45) is 0 Å². The second-order valence-corrected chi connectivity index (χ2v) is 4.39. The fourth-order valence-corrected chi connectivity index (χ4v) is 1.77. The quantitative estimate of drug-likeness (QED) is 0.834. The molecule has 0 aliphatic heterocycles. The van der Waals surface area contributed by atoms with Gasteiger partial charge in [0.25, 0.3) is 0 Å². The number of nitrogens with zero attached hydrogens (tertiary/aromatic N) is 1. The third kappa shape index (κ3) is 5.59. The average molecular weight is 287 g/mol. The van der Waals surface area contributed by atoms with Gasteiger partial charge in [-0.1, -0.05) is 29.8 Å². The van der Waals surface area contributed by atoms with Crippen molar-refractivity contribution in [1.29, 1.82) is 0 Å². The minimum atomic E-state index is -0.633. The van der Waals surface area contributed by atoms with Gasteiger partial charge in [0.1, 0.15) is 0 Å². The van der Waals surface area contributed by atoms with Gasteiger partial charge in [0.05, 0.1) is 19.2 Å². The zero-order chi connectivity index (χ0) is 13.5. The lowest BCUT2D eigenvalue weighted by molar-refractivity contribution is -0.131. The molecule has 108 valence electrons. The first-order valence-electron chi connectivity index (χ1n) is 6.25. The Bertz CT molecular complexity index is 382. The Morgan fingerprint density at radius 3 is 2.42 bits per heavy atom. The van der Waals surface area contributed by atoms with Gasteiger partial charge in [-0.3, -0.25) is 4.79 Å². The predicted octanol–water partition coefficient (Wildman–Crippen LogP) is 1.52. The summed E-state index contributed by atoms with van der Waals surface area (Å²) < 4.78 is 0. The molecule has 1 rings (SSSR count). The van der Waals surface area contributed by atoms with E-state index in [0.717, 1.165) is 11.1 Å². The molecule has 0 saturated carbocycles. The molecule has 1 unspecified atom stereocenters. The fraction of sp³-hybridized carbons (Fsp3) is 0.500. The van der Waals surface area contributed by atoms with Crippen LogP contribution in [-0.4, -0.2) is 42.6 Å². The van der Waals surface area contributed by atoms with Crippen LogP contribution in [0.1, 0.15) is 24.2 Å². The maximum atomic E-state index is 11.7. The highest BCUT2D eigenvalue weighted by molar-refractivity contribution is 5.85. The van der Waals surface area contributed by atoms with Crippen LogP contribution in [0.4, 0.5) is 0 Å². The van der Waals surface area contributed by atoms with Crippen LogP contribution >= 0.6 is 12.4 Å². The van der Waals surface area contributed by atoms with Crippen molar-refractivity contribution in [3.8, 4) is 0 Å². The molecule has 0 saturated heterocycles. The van der Waals surface area contributed by atoms with E-state index >= 15 is 0 Å². The highest BCUT2D eigenvalue weighted by Gasteiger charge is 2.16. The molecule has 0 heterocycles. The summed E-state index contributed by atoms with van der Waals surface area (Å²) in [6.45, 7) is 5.15. The van der Waals surface area contributed by atoms with E-state index in [0.29, 0.717) is 19.6 Å². The van der Waals surface area contributed by atoms with E-state index in [4.69, 9.17) is 0 Å². The number of rotatable bonds is 6. The smallest absolute Gasteiger partial charge is 0.236 e. The number of likely N-dealkylation sites (N-methyl/N-ethyl adjacent to an activating group) is 2. The standard InChI is InChI=1S/C14H22N2O2.ClH/c1-4-16(14(18)9-15-3)10-13(17)12-7-5-11(2)6-8-12;/h5-8,13,15,17H,4,9-10H2,1-3H3;1H. The summed E-state index contributed by atoms with van der Waals surface area (Å²) in [4.78, 5) is 13.4. The topological polar surface area (TPSA) is 52.6 Å². The highest BCUT2D eigenvalue weighted by Crippen LogP contribution is 2.15. The first kappa shape index (κ1) is 17.9. The molecule has 0 aromatic heterocycles. The molecule has 2 N–H and O–H groups in total. The Hall–Kier alpha value is -1.10. The lowest BCUT2D eigenvalue weighted by Gasteiger charge is -2.24. The van der Waals surface area contributed by atoms with Crippen molar-refractivity contribution in [3.63, 3.8) is 0 Å². The molecule has 0 bridgehead atoms. The van der Waals surface area contributed by atoms with Crippen LogP contribution in [0.15, 0.2) is 24.3 Å². The van der Waals surface area contributed by atoms with E-state index in [1.807, 2.05) is 38.1 Å². The summed E-state index contributed by atoms with van der Waals surface area (Å²) in [6.07, 6.45) is -0.633. The lowest BCUT2D eigenvalue weighted by atomic mass is 10.1. The van der Waals surface area contributed by atoms with Crippen LogP contribution in [0.3, 0.4) is 0 Å². The Balaban J connectivity index is 0.00000324. The van der Waals surface area contributed by atoms with Crippen molar-refractivity contribution in [3.05, 3.63) is 35.4 Å². The number of carbonyl (C=O) groups excluding carboxylic acids is 1. The molecule has 0 fully saturated rings. The van der Waals surface area contributed by atoms with E-state index in [-0.39, 0.29) is 18.3 Å². The Morgan fingerprint density at radius 2 is 1.95 bits per heavy atom. The molecule has 0 aliphatic carbocycles. The van der Waals surface area contributed by atoms with Crippen LogP contribution in [-0.2, 0) is 4.79 Å². The van der Waals surface area contributed by atoms with E-state index in [9.17, 15) is 9.90 Å². The molecule has 4 nitrogen and oxygen atoms in total. The number of halogens is 1. The number of nitrogens with one attached hydrogen (secondary N) is 1. The second kappa shape index (κ2) is 8.91. The van der Waals surface area contributed by atoms with Gasteiger partial charge in [-0.15, -0.1) is 12.4 Å². The second-order valence-electron chi connectivity index (χ2n) is 4.39. The van der Waals surface area contributed by atoms with Gasteiger partial charge >= 0.3 is 0 Å². The van der Waals surface area contributed by atoms with Crippen LogP contribution in [0.2, 0.25) is 0 Å². The Labute approximate surface area is 121 Å². The van der Waals surface area contributed by atoms with Crippen molar-refractivity contribution < 1.29 is 9.90 Å². The minimum absolute atomic E-state index is 0. The van der Waals surface area contributed by atoms with Gasteiger partial charge in [-0.2, -0.15) is 0 Å². The van der Waals surface area contributed by atoms with E-state index < -0.39 is 6.10 Å². The predicted molar refractivity (Wildman–Crippen MR) is 79.6 cm³/mol. The number of aliphatic hydroxyl groups is 1. The Kier molecular flexibility index (Phi) is 8.39. The summed E-state index contributed by atoms with van der Waals surface area (Å²) in [5.74, 6) is 0.00571. The first-order chi connectivity index (χ1) is 8.58. The van der Waals surface area contributed by atoms with Gasteiger partial charge in [0.15, 0.2) is 0 Å². The number of aryl methyl sites for hydroxylation is 1.